The molecule has 0 aliphatic carbocycles. The molecule has 0 radical (unpaired) electrons. The zero-order valence-corrected chi connectivity index (χ0v) is 63.8. The van der Waals surface area contributed by atoms with E-state index in [1.807, 2.05) is 7.11 Å². The van der Waals surface area contributed by atoms with Crippen LogP contribution in [0.25, 0.3) is 0 Å². The van der Waals surface area contributed by atoms with Crippen LogP contribution in [-0.2, 0) is 4.52 Å². The number of hydrogen-bond acceptors (Lipinski definition) is 17. The third-order valence-corrected chi connectivity index (χ3v) is 33.4. The Labute approximate surface area is 524 Å². The summed E-state index contributed by atoms with van der Waals surface area (Å²) < 4.78 is 45.8. The van der Waals surface area contributed by atoms with Crippen LogP contribution in [0.1, 0.15) is 162 Å². The first-order valence-corrected chi connectivity index (χ1v) is 40.8. The molecule has 4 fully saturated rings. The summed E-state index contributed by atoms with van der Waals surface area (Å²) in [6.45, 7) is 9.98. The van der Waals surface area contributed by atoms with Crippen molar-refractivity contribution in [1.82, 2.24) is 57.9 Å². The zero-order valence-electron chi connectivity index (χ0n) is 59.3. The van der Waals surface area contributed by atoms with Crippen molar-refractivity contribution in [2.45, 2.75) is 185 Å². The molecule has 0 saturated carbocycles. The quantitative estimate of drug-likeness (QED) is 0.0334. The maximum absolute atomic E-state index is 8.10. The first-order valence-electron chi connectivity index (χ1n) is 32.9. The Bertz CT molecular complexity index is 1910. The van der Waals surface area contributed by atoms with Crippen molar-refractivity contribution in [2.75, 3.05) is 199 Å². The van der Waals surface area contributed by atoms with Crippen LogP contribution >= 0.6 is 39.7 Å². The summed E-state index contributed by atoms with van der Waals surface area (Å²) in [5.41, 5.74) is 2.35. The average molecular weight is 1270 g/mol. The molecule has 0 aromatic carbocycles. The molecule has 22 heteroatoms. The van der Waals surface area contributed by atoms with Crippen LogP contribution in [-0.4, -0.2) is 302 Å². The van der Waals surface area contributed by atoms with Crippen LogP contribution in [0.5, 0.6) is 0 Å². The first kappa shape index (κ1) is 76.8. The van der Waals surface area contributed by atoms with E-state index in [0.29, 0.717) is 0 Å². The Kier molecular flexibility index (Phi) is 31.3. The van der Waals surface area contributed by atoms with Gasteiger partial charge in [-0.15, -0.1) is 0 Å². The van der Waals surface area contributed by atoms with E-state index in [1.165, 1.54) is 108 Å². The number of nitrogens with zero attached hydrogens (tertiary/aromatic N) is 16. The third kappa shape index (κ3) is 16.7. The molecular formula is C62H133N16OP5. The Morgan fingerprint density at radius 2 is 0.571 bits per heavy atom. The molecule has 0 bridgehead atoms. The van der Waals surface area contributed by atoms with Crippen molar-refractivity contribution in [1.29, 1.82) is 0 Å². The second-order valence-electron chi connectivity index (χ2n) is 26.9. The van der Waals surface area contributed by atoms with Crippen LogP contribution in [0.4, 0.5) is 0 Å². The number of hydrogen-bond donors (Lipinski definition) is 0. The molecule has 0 N–H and O–H groups in total. The fraction of sp³-hybridized carbons (Fsp3) is 0.935. The summed E-state index contributed by atoms with van der Waals surface area (Å²) in [4.78, 5) is 20.2. The Hall–Kier alpha value is 0.310. The molecule has 0 spiro atoms. The molecular weight excluding hydrogens is 1140 g/mol. The SMILES string of the molecule is CCCCCCCCN(C)P1CCC(N(C)CCCCCCCC)(N(C)CCCCCCCC)C1=NP(N=C1P(N(C)C)CCC1(N(C)C)N(C)C)(N=C1P(N(C)C)CCC1(N(C)C)N(C)C)(N=C1P(N(C)C)CCC1(N(C)C)N(C)C)OC. The van der Waals surface area contributed by atoms with Gasteiger partial charge in [0.1, 0.15) is 0 Å². The van der Waals surface area contributed by atoms with Gasteiger partial charge >= 0.3 is 527 Å². The zero-order chi connectivity index (χ0) is 63.0. The van der Waals surface area contributed by atoms with Gasteiger partial charge in [-0.3, -0.25) is 0 Å². The molecule has 4 unspecified atom stereocenters. The summed E-state index contributed by atoms with van der Waals surface area (Å²) in [5.74, 6) is 0. The third-order valence-electron chi connectivity index (χ3n) is 19.6. The van der Waals surface area contributed by atoms with E-state index in [2.05, 4.69) is 227 Å². The second kappa shape index (κ2) is 34.3. The standard InChI is InChI=1S/C62H133N16OP5/c1-26-29-32-35-38-41-48-76(22)62(77(23)49-42-39-36-33-30-27-2)47-54-83(78(24)50-43-40-37-34-31-28-3)58(62)66-84(79-25,63-55-59(67(4)5,68(6)7)44-51-80(55)73(16)17,64-56-60(69(8)9,70(10)11)45-52-81(56)74(18)19)65-57-61(71(12)13,72(14)15)46-53-82(57)75(20)21/h26-54H2,1-25H3. The monoisotopic (exact) mass is 1270 g/mol. The normalized spacial score (nSPS) is 25.3. The predicted octanol–water partition coefficient (Wildman–Crippen LogP) is 13.3. The van der Waals surface area contributed by atoms with E-state index in [-0.39, 0.29) is 0 Å². The Balaban J connectivity index is 2.55. The fourth-order valence-electron chi connectivity index (χ4n) is 14.4. The second-order valence-corrected chi connectivity index (χ2v) is 39.6. The number of unbranched alkanes of at least 4 members (excludes halogenated alkanes) is 15. The molecule has 84 heavy (non-hydrogen) atoms. The molecule has 492 valence electrons. The predicted molar refractivity (Wildman–Crippen MR) is 381 cm³/mol. The van der Waals surface area contributed by atoms with Crippen molar-refractivity contribution in [2.24, 2.45) is 19.1 Å². The molecule has 0 aromatic heterocycles. The van der Waals surface area contributed by atoms with Crippen LogP contribution in [0, 0.1) is 0 Å². The summed E-state index contributed by atoms with van der Waals surface area (Å²) in [6.07, 6.45) is 30.4. The summed E-state index contributed by atoms with van der Waals surface area (Å²) in [5, 5.41) is 0. The van der Waals surface area contributed by atoms with E-state index in [1.54, 1.807) is 0 Å². The van der Waals surface area contributed by atoms with Gasteiger partial charge in [-0.05, 0) is 0 Å². The van der Waals surface area contributed by atoms with Gasteiger partial charge in [0.2, 0.25) is 0 Å². The molecule has 0 amide bonds. The molecule has 17 nitrogen and oxygen atoms in total. The molecule has 4 saturated heterocycles. The minimum absolute atomic E-state index is 0.539. The van der Waals surface area contributed by atoms with Gasteiger partial charge in [-0.1, -0.05) is 0 Å². The van der Waals surface area contributed by atoms with Gasteiger partial charge in [0.25, 0.3) is 0 Å². The van der Waals surface area contributed by atoms with Gasteiger partial charge in [-0.25, -0.2) is 0 Å². The van der Waals surface area contributed by atoms with Crippen molar-refractivity contribution in [3.63, 3.8) is 0 Å². The molecule has 4 rings (SSSR count). The van der Waals surface area contributed by atoms with Crippen molar-refractivity contribution < 1.29 is 4.52 Å². The minimum atomic E-state index is -5.29. The summed E-state index contributed by atoms with van der Waals surface area (Å²) >= 11 is 0. The Morgan fingerprint density at radius 3 is 0.833 bits per heavy atom. The van der Waals surface area contributed by atoms with E-state index in [9.17, 15) is 0 Å². The summed E-state index contributed by atoms with van der Waals surface area (Å²) in [6, 6.07) is 0. The molecule has 4 aliphatic heterocycles. The molecule has 4 atom stereocenters. The average Bonchev–Trinajstić information content (AvgIpc) is 1.35. The first-order chi connectivity index (χ1) is 39.6. The van der Waals surface area contributed by atoms with E-state index < -0.39 is 62.4 Å². The van der Waals surface area contributed by atoms with Gasteiger partial charge in [0, 0.05) is 0 Å². The maximum atomic E-state index is 8.10. The number of rotatable bonds is 38. The molecule has 4 heterocycles. The van der Waals surface area contributed by atoms with Crippen LogP contribution in [0.15, 0.2) is 19.1 Å². The van der Waals surface area contributed by atoms with E-state index in [0.717, 1.165) is 99.2 Å². The molecule has 0 aromatic rings. The van der Waals surface area contributed by atoms with E-state index in [4.69, 9.17) is 23.6 Å². The van der Waals surface area contributed by atoms with Crippen LogP contribution in [0.2, 0.25) is 0 Å². The van der Waals surface area contributed by atoms with Gasteiger partial charge in [0.05, 0.1) is 0 Å². The van der Waals surface area contributed by atoms with Crippen LogP contribution < -0.4 is 0 Å². The fourth-order valence-corrected chi connectivity index (χ4v) is 30.4. The topological polar surface area (TPSA) is 97.5 Å². The van der Waals surface area contributed by atoms with Crippen molar-refractivity contribution >= 4 is 61.5 Å². The van der Waals surface area contributed by atoms with Crippen LogP contribution in [0.3, 0.4) is 0 Å². The van der Waals surface area contributed by atoms with Gasteiger partial charge in [0.15, 0.2) is 0 Å². The van der Waals surface area contributed by atoms with Gasteiger partial charge < -0.3 is 0 Å². The Morgan fingerprint density at radius 1 is 0.333 bits per heavy atom. The van der Waals surface area contributed by atoms with Crippen molar-refractivity contribution in [3.8, 4) is 0 Å². The van der Waals surface area contributed by atoms with Gasteiger partial charge in [-0.2, -0.15) is 0 Å². The molecule has 4 aliphatic rings. The van der Waals surface area contributed by atoms with E-state index >= 15 is 0 Å². The van der Waals surface area contributed by atoms with Crippen molar-refractivity contribution in [3.05, 3.63) is 0 Å². The summed E-state index contributed by atoms with van der Waals surface area (Å²) in [7, 11) is 40.9.